The highest BCUT2D eigenvalue weighted by Crippen LogP contribution is 2.24. The number of amides is 1. The number of carbonyl (C=O) groups excluding carboxylic acids is 1. The van der Waals surface area contributed by atoms with Crippen LogP contribution in [0.5, 0.6) is 0 Å². The number of carbonyl (C=O) groups is 1. The Kier molecular flexibility index (Phi) is 3.58. The quantitative estimate of drug-likeness (QED) is 0.807. The van der Waals surface area contributed by atoms with Crippen LogP contribution in [0.25, 0.3) is 0 Å². The summed E-state index contributed by atoms with van der Waals surface area (Å²) < 4.78 is 10.6. The second-order valence-corrected chi connectivity index (χ2v) is 5.23. The normalized spacial score (nSPS) is 14.7. The molecule has 0 saturated heterocycles. The number of hydrogen-bond donors (Lipinski definition) is 0. The molecule has 0 bridgehead atoms. The molecular formula is C15H18N2O3. The second-order valence-electron chi connectivity index (χ2n) is 5.23. The van der Waals surface area contributed by atoms with Crippen LogP contribution < -0.4 is 0 Å². The maximum Gasteiger partial charge on any atom is 0.276 e. The van der Waals surface area contributed by atoms with Gasteiger partial charge >= 0.3 is 0 Å². The maximum atomic E-state index is 12.5. The van der Waals surface area contributed by atoms with Gasteiger partial charge in [-0.15, -0.1) is 0 Å². The third-order valence-electron chi connectivity index (χ3n) is 3.72. The van der Waals surface area contributed by atoms with Gasteiger partial charge < -0.3 is 13.8 Å². The smallest absolute Gasteiger partial charge is 0.276 e. The van der Waals surface area contributed by atoms with Gasteiger partial charge in [-0.05, 0) is 31.4 Å². The Hall–Kier alpha value is -2.04. The lowest BCUT2D eigenvalue weighted by atomic mass is 10.1. The molecular weight excluding hydrogens is 256 g/mol. The number of furan rings is 1. The van der Waals surface area contributed by atoms with Crippen molar-refractivity contribution in [1.82, 2.24) is 10.1 Å². The van der Waals surface area contributed by atoms with E-state index in [2.05, 4.69) is 5.16 Å². The highest BCUT2D eigenvalue weighted by molar-refractivity contribution is 5.93. The Labute approximate surface area is 117 Å². The molecule has 1 amide bonds. The molecule has 0 saturated carbocycles. The average molecular weight is 274 g/mol. The van der Waals surface area contributed by atoms with E-state index in [4.69, 9.17) is 8.94 Å². The molecule has 0 aliphatic heterocycles. The molecule has 0 spiro atoms. The van der Waals surface area contributed by atoms with Gasteiger partial charge in [0.15, 0.2) is 5.69 Å². The third kappa shape index (κ3) is 2.48. The maximum absolute atomic E-state index is 12.5. The summed E-state index contributed by atoms with van der Waals surface area (Å²) in [5.74, 6) is 1.54. The van der Waals surface area contributed by atoms with E-state index in [0.717, 1.165) is 42.8 Å². The van der Waals surface area contributed by atoms with Gasteiger partial charge in [0.05, 0.1) is 12.8 Å². The monoisotopic (exact) mass is 274 g/mol. The largest absolute Gasteiger partial charge is 0.467 e. The fourth-order valence-corrected chi connectivity index (χ4v) is 2.62. The van der Waals surface area contributed by atoms with Crippen LogP contribution in [0, 0.1) is 0 Å². The Morgan fingerprint density at radius 3 is 3.00 bits per heavy atom. The van der Waals surface area contributed by atoms with Gasteiger partial charge in [-0.2, -0.15) is 0 Å². The van der Waals surface area contributed by atoms with Crippen LogP contribution >= 0.6 is 0 Å². The summed E-state index contributed by atoms with van der Waals surface area (Å²) in [6.07, 6.45) is 6.76. The van der Waals surface area contributed by atoms with Crippen LogP contribution in [0.1, 0.15) is 46.8 Å². The lowest BCUT2D eigenvalue weighted by molar-refractivity contribution is 0.0764. The zero-order valence-electron chi connectivity index (χ0n) is 11.6. The minimum Gasteiger partial charge on any atom is -0.467 e. The number of aryl methyl sites for hydroxylation is 1. The van der Waals surface area contributed by atoms with Crippen LogP contribution in [0.2, 0.25) is 0 Å². The molecule has 1 aliphatic carbocycles. The van der Waals surface area contributed by atoms with Crippen molar-refractivity contribution < 1.29 is 13.7 Å². The Balaban J connectivity index is 1.78. The zero-order chi connectivity index (χ0) is 13.9. The van der Waals surface area contributed by atoms with Crippen molar-refractivity contribution in [3.63, 3.8) is 0 Å². The van der Waals surface area contributed by atoms with E-state index in [9.17, 15) is 4.79 Å². The van der Waals surface area contributed by atoms with Crippen molar-refractivity contribution in [2.45, 2.75) is 38.6 Å². The van der Waals surface area contributed by atoms with Gasteiger partial charge in [0.2, 0.25) is 0 Å². The van der Waals surface area contributed by atoms with Crippen LogP contribution in [0.3, 0.4) is 0 Å². The summed E-state index contributed by atoms with van der Waals surface area (Å²) in [6, 6.07) is 3.67. The lowest BCUT2D eigenvalue weighted by Crippen LogP contribution is -2.27. The van der Waals surface area contributed by atoms with E-state index in [1.165, 1.54) is 6.42 Å². The minimum absolute atomic E-state index is 0.103. The fourth-order valence-electron chi connectivity index (χ4n) is 2.62. The van der Waals surface area contributed by atoms with Crippen LogP contribution in [0.15, 0.2) is 27.3 Å². The van der Waals surface area contributed by atoms with E-state index in [1.54, 1.807) is 18.2 Å². The first-order valence-corrected chi connectivity index (χ1v) is 7.01. The van der Waals surface area contributed by atoms with Crippen molar-refractivity contribution >= 4 is 5.91 Å². The summed E-state index contributed by atoms with van der Waals surface area (Å²) in [4.78, 5) is 14.1. The van der Waals surface area contributed by atoms with Gasteiger partial charge in [-0.3, -0.25) is 4.79 Å². The minimum atomic E-state index is -0.103. The third-order valence-corrected chi connectivity index (χ3v) is 3.72. The van der Waals surface area contributed by atoms with Gasteiger partial charge in [0.1, 0.15) is 11.5 Å². The van der Waals surface area contributed by atoms with E-state index in [0.29, 0.717) is 12.2 Å². The number of nitrogens with zero attached hydrogens (tertiary/aromatic N) is 2. The molecule has 3 rings (SSSR count). The number of rotatable bonds is 3. The van der Waals surface area contributed by atoms with E-state index >= 15 is 0 Å². The van der Waals surface area contributed by atoms with E-state index < -0.39 is 0 Å². The van der Waals surface area contributed by atoms with Crippen molar-refractivity contribution in [1.29, 1.82) is 0 Å². The van der Waals surface area contributed by atoms with Crippen molar-refractivity contribution in [3.05, 3.63) is 41.2 Å². The van der Waals surface area contributed by atoms with Crippen LogP contribution in [-0.2, 0) is 19.4 Å². The summed E-state index contributed by atoms with van der Waals surface area (Å²) in [7, 11) is 1.75. The van der Waals surface area contributed by atoms with Crippen molar-refractivity contribution in [2.24, 2.45) is 0 Å². The molecule has 0 atom stereocenters. The molecule has 0 N–H and O–H groups in total. The highest BCUT2D eigenvalue weighted by atomic mass is 16.5. The first-order chi connectivity index (χ1) is 9.75. The SMILES string of the molecule is CN(Cc1ccco1)C(=O)c1noc2c1CCCCC2. The van der Waals surface area contributed by atoms with Crippen molar-refractivity contribution in [3.8, 4) is 0 Å². The standard InChI is InChI=1S/C15H18N2O3/c1-17(10-11-6-5-9-19-11)15(18)14-12-7-3-2-4-8-13(12)20-16-14/h5-6,9H,2-4,7-8,10H2,1H3. The van der Waals surface area contributed by atoms with Gasteiger partial charge in [0, 0.05) is 19.0 Å². The molecule has 0 aromatic carbocycles. The van der Waals surface area contributed by atoms with Gasteiger partial charge in [-0.1, -0.05) is 11.6 Å². The predicted molar refractivity (Wildman–Crippen MR) is 72.3 cm³/mol. The first kappa shape index (κ1) is 13.0. The molecule has 5 nitrogen and oxygen atoms in total. The molecule has 0 unspecified atom stereocenters. The number of hydrogen-bond acceptors (Lipinski definition) is 4. The molecule has 2 aromatic heterocycles. The Bertz CT molecular complexity index is 586. The van der Waals surface area contributed by atoms with Gasteiger partial charge in [0.25, 0.3) is 5.91 Å². The molecule has 5 heteroatoms. The van der Waals surface area contributed by atoms with E-state index in [-0.39, 0.29) is 5.91 Å². The summed E-state index contributed by atoms with van der Waals surface area (Å²) in [5, 5.41) is 3.99. The van der Waals surface area contributed by atoms with Crippen molar-refractivity contribution in [2.75, 3.05) is 7.05 Å². The van der Waals surface area contributed by atoms with E-state index in [1.807, 2.05) is 12.1 Å². The molecule has 106 valence electrons. The molecule has 0 radical (unpaired) electrons. The van der Waals surface area contributed by atoms with Crippen LogP contribution in [-0.4, -0.2) is 23.0 Å². The first-order valence-electron chi connectivity index (χ1n) is 7.01. The average Bonchev–Trinajstić information content (AvgIpc) is 3.03. The fraction of sp³-hybridized carbons (Fsp3) is 0.467. The molecule has 2 aromatic rings. The Morgan fingerprint density at radius 1 is 1.35 bits per heavy atom. The molecule has 1 aliphatic rings. The van der Waals surface area contributed by atoms with Gasteiger partial charge in [-0.25, -0.2) is 0 Å². The highest BCUT2D eigenvalue weighted by Gasteiger charge is 2.25. The Morgan fingerprint density at radius 2 is 2.20 bits per heavy atom. The van der Waals surface area contributed by atoms with Crippen LogP contribution in [0.4, 0.5) is 0 Å². The lowest BCUT2D eigenvalue weighted by Gasteiger charge is -2.14. The second kappa shape index (κ2) is 5.53. The molecule has 2 heterocycles. The summed E-state index contributed by atoms with van der Waals surface area (Å²) in [5.41, 5.74) is 1.47. The summed E-state index contributed by atoms with van der Waals surface area (Å²) >= 11 is 0. The zero-order valence-corrected chi connectivity index (χ0v) is 11.6. The molecule has 0 fully saturated rings. The topological polar surface area (TPSA) is 59.5 Å². The molecule has 20 heavy (non-hydrogen) atoms. The number of fused-ring (bicyclic) bond motifs is 1. The summed E-state index contributed by atoms with van der Waals surface area (Å²) in [6.45, 7) is 0.438. The number of aromatic nitrogens is 1. The predicted octanol–water partition coefficient (Wildman–Crippen LogP) is 2.81.